The Hall–Kier alpha value is -1.74. The Morgan fingerprint density at radius 1 is 1.17 bits per heavy atom. The minimum atomic E-state index is -3.17. The normalized spacial score (nSPS) is 23.9. The average Bonchev–Trinajstić information content (AvgIpc) is 3.14. The van der Waals surface area contributed by atoms with Crippen LogP contribution < -0.4 is 9.64 Å². The first-order valence-electron chi connectivity index (χ1n) is 8.73. The van der Waals surface area contributed by atoms with Gasteiger partial charge in [-0.25, -0.2) is 8.42 Å². The molecule has 2 aliphatic rings. The van der Waals surface area contributed by atoms with Gasteiger partial charge in [0.2, 0.25) is 0 Å². The van der Waals surface area contributed by atoms with Crippen LogP contribution in [0.15, 0.2) is 53.5 Å². The highest BCUT2D eigenvalue weighted by Gasteiger charge is 2.49. The number of ether oxygens (including phenoxy) is 1. The number of thioether (sulfide) groups is 1. The highest BCUT2D eigenvalue weighted by atomic mass is 35.5. The maximum absolute atomic E-state index is 12.4. The fourth-order valence-electron chi connectivity index (χ4n) is 3.32. The molecule has 0 N–H and O–H groups in total. The number of carbonyl (C=O) groups excluding carboxylic acids is 1. The highest BCUT2D eigenvalue weighted by Crippen LogP contribution is 2.43. The topological polar surface area (TPSA) is 76.0 Å². The predicted octanol–water partition coefficient (Wildman–Crippen LogP) is 3.67. The number of aliphatic imine (C=N–C) groups is 1. The van der Waals surface area contributed by atoms with E-state index >= 15 is 0 Å². The molecule has 0 unspecified atom stereocenters. The summed E-state index contributed by atoms with van der Waals surface area (Å²) in [4.78, 5) is 18.3. The molecule has 1 amide bonds. The molecule has 2 atom stereocenters. The van der Waals surface area contributed by atoms with E-state index in [-0.39, 0.29) is 29.4 Å². The van der Waals surface area contributed by atoms with Crippen LogP contribution in [0.5, 0.6) is 5.75 Å². The molecule has 0 spiro atoms. The van der Waals surface area contributed by atoms with Crippen LogP contribution in [-0.4, -0.2) is 48.9 Å². The van der Waals surface area contributed by atoms with Gasteiger partial charge in [-0.05, 0) is 30.3 Å². The number of amidine groups is 1. The molecule has 29 heavy (non-hydrogen) atoms. The van der Waals surface area contributed by atoms with Crippen molar-refractivity contribution < 1.29 is 17.9 Å². The third-order valence-corrected chi connectivity index (χ3v) is 8.32. The molecule has 2 heterocycles. The Bertz CT molecular complexity index is 1080. The van der Waals surface area contributed by atoms with Crippen molar-refractivity contribution in [2.75, 3.05) is 23.0 Å². The first kappa shape index (κ1) is 20.5. The first-order valence-corrected chi connectivity index (χ1v) is 12.2. The number of anilines is 1. The zero-order valence-electron chi connectivity index (χ0n) is 15.0. The van der Waals surface area contributed by atoms with Crippen LogP contribution >= 0.6 is 35.0 Å². The summed E-state index contributed by atoms with van der Waals surface area (Å²) in [5, 5.41) is 1.04. The lowest BCUT2D eigenvalue weighted by molar-refractivity contribution is -0.119. The number of amides is 1. The summed E-state index contributed by atoms with van der Waals surface area (Å²) in [6.45, 7) is -0.223. The van der Waals surface area contributed by atoms with Crippen molar-refractivity contribution in [2.45, 2.75) is 11.3 Å². The van der Waals surface area contributed by atoms with Crippen molar-refractivity contribution in [3.05, 3.63) is 58.6 Å². The van der Waals surface area contributed by atoms with E-state index in [0.29, 0.717) is 26.6 Å². The monoisotopic (exact) mass is 470 g/mol. The van der Waals surface area contributed by atoms with E-state index in [2.05, 4.69) is 4.99 Å². The summed E-state index contributed by atoms with van der Waals surface area (Å²) in [5.74, 6) is 0.103. The van der Waals surface area contributed by atoms with Crippen LogP contribution in [0.4, 0.5) is 5.69 Å². The molecule has 2 saturated heterocycles. The molecule has 6 nitrogen and oxygen atoms in total. The molecule has 4 rings (SSSR count). The number of benzene rings is 2. The van der Waals surface area contributed by atoms with Gasteiger partial charge in [-0.1, -0.05) is 53.2 Å². The minimum Gasteiger partial charge on any atom is -0.484 e. The van der Waals surface area contributed by atoms with Crippen LogP contribution in [0.2, 0.25) is 10.0 Å². The largest absolute Gasteiger partial charge is 0.484 e. The predicted molar refractivity (Wildman–Crippen MR) is 117 cm³/mol. The fourth-order valence-corrected chi connectivity index (χ4v) is 7.62. The molecule has 152 valence electrons. The van der Waals surface area contributed by atoms with Gasteiger partial charge >= 0.3 is 0 Å². The zero-order valence-corrected chi connectivity index (χ0v) is 18.1. The maximum Gasteiger partial charge on any atom is 0.285 e. The number of halogens is 2. The Morgan fingerprint density at radius 2 is 1.93 bits per heavy atom. The molecule has 0 aliphatic carbocycles. The van der Waals surface area contributed by atoms with E-state index < -0.39 is 15.7 Å². The molecule has 2 aromatic carbocycles. The van der Waals surface area contributed by atoms with Gasteiger partial charge in [0.1, 0.15) is 5.75 Å². The number of fused-ring (bicyclic) bond motifs is 1. The molecular formula is C19H16Cl2N2O4S2. The van der Waals surface area contributed by atoms with Gasteiger partial charge in [0.25, 0.3) is 5.91 Å². The van der Waals surface area contributed by atoms with E-state index in [9.17, 15) is 13.2 Å². The van der Waals surface area contributed by atoms with Crippen molar-refractivity contribution in [1.29, 1.82) is 0 Å². The standard InChI is InChI=1S/C19H16Cl2N2O4S2/c20-12-6-7-14(21)15(8-12)23-16-10-29(25,26)11-17(16)28-19(23)22-18(24)9-27-13-4-2-1-3-5-13/h1-8,16-17H,9-11H2/t16-,17+/m1/s1. The maximum atomic E-state index is 12.4. The quantitative estimate of drug-likeness (QED) is 0.678. The summed E-state index contributed by atoms with van der Waals surface area (Å²) in [6.07, 6.45) is 0. The summed E-state index contributed by atoms with van der Waals surface area (Å²) in [5.41, 5.74) is 0.534. The first-order chi connectivity index (χ1) is 13.8. The Kier molecular flexibility index (Phi) is 5.79. The van der Waals surface area contributed by atoms with E-state index in [1.807, 2.05) is 18.2 Å². The number of sulfone groups is 1. The molecular weight excluding hydrogens is 455 g/mol. The van der Waals surface area contributed by atoms with Gasteiger partial charge in [-0.3, -0.25) is 4.79 Å². The van der Waals surface area contributed by atoms with Crippen LogP contribution in [0, 0.1) is 0 Å². The number of nitrogens with zero attached hydrogens (tertiary/aromatic N) is 2. The summed E-state index contributed by atoms with van der Waals surface area (Å²) in [7, 11) is -3.17. The third-order valence-electron chi connectivity index (χ3n) is 4.56. The number of hydrogen-bond acceptors (Lipinski definition) is 5. The fraction of sp³-hybridized carbons (Fsp3) is 0.263. The molecule has 2 fully saturated rings. The molecule has 10 heteroatoms. The molecule has 0 bridgehead atoms. The van der Waals surface area contributed by atoms with Crippen molar-refractivity contribution in [3.8, 4) is 5.75 Å². The summed E-state index contributed by atoms with van der Waals surface area (Å²) >= 11 is 13.8. The van der Waals surface area contributed by atoms with Crippen LogP contribution in [0.1, 0.15) is 0 Å². The Balaban J connectivity index is 1.61. The van der Waals surface area contributed by atoms with E-state index in [1.165, 1.54) is 11.8 Å². The number of carbonyl (C=O) groups is 1. The Morgan fingerprint density at radius 3 is 2.69 bits per heavy atom. The van der Waals surface area contributed by atoms with Gasteiger partial charge in [0.15, 0.2) is 21.6 Å². The van der Waals surface area contributed by atoms with E-state index in [1.54, 1.807) is 35.2 Å². The number of rotatable bonds is 4. The van der Waals surface area contributed by atoms with Crippen LogP contribution in [-0.2, 0) is 14.6 Å². The van der Waals surface area contributed by atoms with Crippen molar-refractivity contribution >= 4 is 61.6 Å². The SMILES string of the molecule is O=C(COc1ccccc1)N=C1S[C@H]2CS(=O)(=O)C[C@H]2N1c1cc(Cl)ccc1Cl. The minimum absolute atomic E-state index is 0.0266. The van der Waals surface area contributed by atoms with Gasteiger partial charge in [-0.2, -0.15) is 4.99 Å². The second kappa shape index (κ2) is 8.18. The second-order valence-corrected chi connectivity index (χ2v) is 10.9. The van der Waals surface area contributed by atoms with Gasteiger partial charge in [0, 0.05) is 10.3 Å². The molecule has 0 radical (unpaired) electrons. The van der Waals surface area contributed by atoms with E-state index in [4.69, 9.17) is 27.9 Å². The van der Waals surface area contributed by atoms with E-state index in [0.717, 1.165) is 0 Å². The average molecular weight is 471 g/mol. The molecule has 0 saturated carbocycles. The van der Waals surface area contributed by atoms with Gasteiger partial charge < -0.3 is 9.64 Å². The lowest BCUT2D eigenvalue weighted by Crippen LogP contribution is -2.38. The smallest absolute Gasteiger partial charge is 0.285 e. The van der Waals surface area contributed by atoms with Gasteiger partial charge in [0.05, 0.1) is 28.3 Å². The third kappa shape index (κ3) is 4.55. The van der Waals surface area contributed by atoms with Crippen molar-refractivity contribution in [1.82, 2.24) is 0 Å². The lowest BCUT2D eigenvalue weighted by Gasteiger charge is -2.25. The zero-order chi connectivity index (χ0) is 20.6. The van der Waals surface area contributed by atoms with Gasteiger partial charge in [-0.15, -0.1) is 0 Å². The second-order valence-electron chi connectivity index (χ2n) is 6.66. The molecule has 2 aromatic rings. The lowest BCUT2D eigenvalue weighted by atomic mass is 10.2. The molecule has 0 aromatic heterocycles. The highest BCUT2D eigenvalue weighted by molar-refractivity contribution is 8.16. The van der Waals surface area contributed by atoms with Crippen LogP contribution in [0.25, 0.3) is 0 Å². The number of hydrogen-bond donors (Lipinski definition) is 0. The van der Waals surface area contributed by atoms with Crippen molar-refractivity contribution in [3.63, 3.8) is 0 Å². The summed E-state index contributed by atoms with van der Waals surface area (Å²) in [6, 6.07) is 13.5. The summed E-state index contributed by atoms with van der Waals surface area (Å²) < 4.78 is 29.7. The number of para-hydroxylation sites is 1. The Labute approximate surface area is 182 Å². The van der Waals surface area contributed by atoms with Crippen molar-refractivity contribution in [2.24, 2.45) is 4.99 Å². The van der Waals surface area contributed by atoms with Crippen LogP contribution in [0.3, 0.4) is 0 Å². The molecule has 2 aliphatic heterocycles.